The third-order valence-electron chi connectivity index (χ3n) is 1.83. The van der Waals surface area contributed by atoms with Crippen LogP contribution in [-0.4, -0.2) is 11.4 Å². The molecule has 2 aromatic rings. The van der Waals surface area contributed by atoms with Gasteiger partial charge in [-0.2, -0.15) is 0 Å². The molecule has 1 aromatic heterocycles. The van der Waals surface area contributed by atoms with Crippen molar-refractivity contribution in [3.8, 4) is 5.75 Å². The lowest BCUT2D eigenvalue weighted by atomic mass is 10.2. The van der Waals surface area contributed by atoms with E-state index in [4.69, 9.17) is 0 Å². The largest absolute Gasteiger partial charge is 0.506 e. The van der Waals surface area contributed by atoms with Crippen molar-refractivity contribution in [3.05, 3.63) is 22.0 Å². The fourth-order valence-corrected chi connectivity index (χ4v) is 4.00. The van der Waals surface area contributed by atoms with Gasteiger partial charge in [0.05, 0.1) is 4.70 Å². The van der Waals surface area contributed by atoms with Crippen LogP contribution in [0.1, 0.15) is 0 Å². The average molecular weight is 275 g/mol. The summed E-state index contributed by atoms with van der Waals surface area (Å²) in [6.07, 6.45) is 2.04. The zero-order chi connectivity index (χ0) is 9.42. The lowest BCUT2D eigenvalue weighted by Crippen LogP contribution is -1.73. The van der Waals surface area contributed by atoms with E-state index in [1.807, 2.05) is 18.4 Å². The number of aromatic hydroxyl groups is 1. The molecule has 1 nitrogen and oxygen atoms in total. The number of hydrogen-bond acceptors (Lipinski definition) is 3. The highest BCUT2D eigenvalue weighted by molar-refractivity contribution is 9.10. The van der Waals surface area contributed by atoms with Gasteiger partial charge in [-0.3, -0.25) is 0 Å². The third kappa shape index (κ3) is 1.47. The molecule has 0 amide bonds. The smallest absolute Gasteiger partial charge is 0.134 e. The highest BCUT2D eigenvalue weighted by Gasteiger charge is 2.09. The molecular weight excluding hydrogens is 268 g/mol. The minimum Gasteiger partial charge on any atom is -0.506 e. The van der Waals surface area contributed by atoms with Gasteiger partial charge < -0.3 is 5.11 Å². The molecule has 13 heavy (non-hydrogen) atoms. The monoisotopic (exact) mass is 274 g/mol. The summed E-state index contributed by atoms with van der Waals surface area (Å²) < 4.78 is 2.24. The van der Waals surface area contributed by atoms with Gasteiger partial charge in [0.25, 0.3) is 0 Å². The first-order valence-electron chi connectivity index (χ1n) is 3.66. The molecule has 0 atom stereocenters. The van der Waals surface area contributed by atoms with Gasteiger partial charge in [-0.15, -0.1) is 23.1 Å². The number of rotatable bonds is 1. The van der Waals surface area contributed by atoms with Crippen molar-refractivity contribution < 1.29 is 5.11 Å². The molecule has 68 valence electrons. The second kappa shape index (κ2) is 3.52. The van der Waals surface area contributed by atoms with Crippen LogP contribution in [0.15, 0.2) is 26.9 Å². The van der Waals surface area contributed by atoms with E-state index in [0.717, 1.165) is 14.6 Å². The Balaban J connectivity index is 2.85. The molecule has 0 radical (unpaired) electrons. The van der Waals surface area contributed by atoms with Gasteiger partial charge in [-0.25, -0.2) is 0 Å². The minimum atomic E-state index is 0.378. The first-order valence-corrected chi connectivity index (χ1v) is 6.56. The van der Waals surface area contributed by atoms with Crippen molar-refractivity contribution in [2.45, 2.75) is 4.90 Å². The maximum Gasteiger partial charge on any atom is 0.134 e. The van der Waals surface area contributed by atoms with Crippen molar-refractivity contribution in [2.24, 2.45) is 0 Å². The van der Waals surface area contributed by atoms with Gasteiger partial charge in [0.2, 0.25) is 0 Å². The molecular formula is C9H7BrOS2. The standard InChI is InChI=1S/C9H7BrOS2/c1-12-9-6(10)3-2-5-7(11)4-13-8(5)9/h2-4,11H,1H3. The molecule has 0 saturated carbocycles. The van der Waals surface area contributed by atoms with Crippen LogP contribution in [-0.2, 0) is 0 Å². The molecule has 2 rings (SSSR count). The van der Waals surface area contributed by atoms with Crippen LogP contribution in [0.5, 0.6) is 5.75 Å². The third-order valence-corrected chi connectivity index (χ3v) is 4.72. The molecule has 1 N–H and O–H groups in total. The summed E-state index contributed by atoms with van der Waals surface area (Å²) >= 11 is 6.76. The second-order valence-electron chi connectivity index (χ2n) is 2.58. The quantitative estimate of drug-likeness (QED) is 0.791. The van der Waals surface area contributed by atoms with Gasteiger partial charge in [-0.05, 0) is 34.3 Å². The number of hydrogen-bond donors (Lipinski definition) is 1. The molecule has 0 bridgehead atoms. The molecule has 0 aliphatic heterocycles. The van der Waals surface area contributed by atoms with Crippen LogP contribution in [0.4, 0.5) is 0 Å². The van der Waals surface area contributed by atoms with Crippen LogP contribution in [0.2, 0.25) is 0 Å². The highest BCUT2D eigenvalue weighted by atomic mass is 79.9. The van der Waals surface area contributed by atoms with Crippen LogP contribution in [0.25, 0.3) is 10.1 Å². The number of fused-ring (bicyclic) bond motifs is 1. The molecule has 1 aromatic carbocycles. The first-order chi connectivity index (χ1) is 6.24. The summed E-state index contributed by atoms with van der Waals surface area (Å²) in [5, 5.41) is 12.2. The van der Waals surface area contributed by atoms with Crippen molar-refractivity contribution in [3.63, 3.8) is 0 Å². The molecule has 0 saturated heterocycles. The second-order valence-corrected chi connectivity index (χ2v) is 5.13. The van der Waals surface area contributed by atoms with Crippen LogP contribution in [0.3, 0.4) is 0 Å². The van der Waals surface area contributed by atoms with E-state index in [-0.39, 0.29) is 0 Å². The number of benzene rings is 1. The minimum absolute atomic E-state index is 0.378. The summed E-state index contributed by atoms with van der Waals surface area (Å²) in [5.74, 6) is 0.378. The molecule has 0 fully saturated rings. The van der Waals surface area contributed by atoms with Gasteiger partial charge >= 0.3 is 0 Å². The Bertz CT molecular complexity index is 450. The summed E-state index contributed by atoms with van der Waals surface area (Å²) in [5.41, 5.74) is 0. The van der Waals surface area contributed by atoms with Crippen LogP contribution in [0, 0.1) is 0 Å². The zero-order valence-corrected chi connectivity index (χ0v) is 10.1. The van der Waals surface area contributed by atoms with E-state index in [2.05, 4.69) is 15.9 Å². The van der Waals surface area contributed by atoms with Gasteiger partial charge in [0, 0.05) is 20.1 Å². The van der Waals surface area contributed by atoms with Crippen molar-refractivity contribution >= 4 is 49.1 Å². The van der Waals surface area contributed by atoms with Crippen LogP contribution < -0.4 is 0 Å². The molecule has 1 heterocycles. The van der Waals surface area contributed by atoms with E-state index in [1.165, 1.54) is 4.90 Å². The first kappa shape index (κ1) is 9.37. The Morgan fingerprint density at radius 2 is 2.23 bits per heavy atom. The number of thioether (sulfide) groups is 1. The Kier molecular flexibility index (Phi) is 2.53. The fraction of sp³-hybridized carbons (Fsp3) is 0.111. The van der Waals surface area contributed by atoms with Crippen molar-refractivity contribution in [1.29, 1.82) is 0 Å². The number of thiophene rings is 1. The topological polar surface area (TPSA) is 20.2 Å². The molecule has 0 spiro atoms. The fourth-order valence-electron chi connectivity index (χ4n) is 1.23. The van der Waals surface area contributed by atoms with Gasteiger partial charge in [0.15, 0.2) is 0 Å². The highest BCUT2D eigenvalue weighted by Crippen LogP contribution is 2.40. The predicted octanol–water partition coefficient (Wildman–Crippen LogP) is 4.09. The zero-order valence-electron chi connectivity index (χ0n) is 6.87. The number of halogens is 1. The van der Waals surface area contributed by atoms with E-state index in [1.54, 1.807) is 28.5 Å². The maximum absolute atomic E-state index is 9.51. The average Bonchev–Trinajstić information content (AvgIpc) is 2.48. The Labute approximate surface area is 92.9 Å². The summed E-state index contributed by atoms with van der Waals surface area (Å²) in [7, 11) is 0. The lowest BCUT2D eigenvalue weighted by Gasteiger charge is -2.01. The van der Waals surface area contributed by atoms with Crippen molar-refractivity contribution in [1.82, 2.24) is 0 Å². The molecule has 0 aliphatic rings. The van der Waals surface area contributed by atoms with E-state index in [9.17, 15) is 5.11 Å². The van der Waals surface area contributed by atoms with Gasteiger partial charge in [-0.1, -0.05) is 0 Å². The Hall–Kier alpha value is -0.190. The van der Waals surface area contributed by atoms with E-state index in [0.29, 0.717) is 5.75 Å². The van der Waals surface area contributed by atoms with Gasteiger partial charge in [0.1, 0.15) is 5.75 Å². The summed E-state index contributed by atoms with van der Waals surface area (Å²) in [6, 6.07) is 3.91. The maximum atomic E-state index is 9.51. The summed E-state index contributed by atoms with van der Waals surface area (Å²) in [6.45, 7) is 0. The van der Waals surface area contributed by atoms with Crippen LogP contribution >= 0.6 is 39.0 Å². The van der Waals surface area contributed by atoms with Crippen molar-refractivity contribution in [2.75, 3.05) is 6.26 Å². The Morgan fingerprint density at radius 3 is 2.92 bits per heavy atom. The SMILES string of the molecule is CSc1c(Br)ccc2c(O)csc12. The van der Waals surface area contributed by atoms with E-state index >= 15 is 0 Å². The lowest BCUT2D eigenvalue weighted by molar-refractivity contribution is 0.483. The van der Waals surface area contributed by atoms with E-state index < -0.39 is 0 Å². The normalized spacial score (nSPS) is 10.9. The molecule has 0 unspecified atom stereocenters. The summed E-state index contributed by atoms with van der Waals surface area (Å²) in [4.78, 5) is 1.20. The molecule has 0 aliphatic carbocycles. The predicted molar refractivity (Wildman–Crippen MR) is 63.0 cm³/mol. The molecule has 4 heteroatoms. The Morgan fingerprint density at radius 1 is 1.46 bits per heavy atom.